The average molecular weight is 1870 g/mol. The molecule has 0 amide bonds. The molecule has 12 aromatic rings. The number of nitro benzene ring substituents is 4. The maximum atomic E-state index is 13.7. The molecule has 0 aromatic heterocycles. The lowest BCUT2D eigenvalue weighted by atomic mass is 9.65. The summed E-state index contributed by atoms with van der Waals surface area (Å²) < 4.78 is 350. The molecule has 0 aliphatic heterocycles. The van der Waals surface area contributed by atoms with E-state index in [2.05, 4.69) is 47.4 Å². The smallest absolute Gasteiger partial charge is 0.416 e. The van der Waals surface area contributed by atoms with Crippen LogP contribution in [0, 0.1) is 87.8 Å². The molecule has 680 valence electrons. The Kier molecular flexibility index (Phi) is 27.2. The van der Waals surface area contributed by atoms with Crippen molar-refractivity contribution < 1.29 is 144 Å². The zero-order chi connectivity index (χ0) is 96.9. The molecular weight excluding hydrogens is 1820 g/mol. The van der Waals surface area contributed by atoms with Crippen molar-refractivity contribution in [1.29, 1.82) is 0 Å². The molecule has 133 heavy (non-hydrogen) atoms. The molecule has 0 radical (unpaired) electrons. The van der Waals surface area contributed by atoms with Gasteiger partial charge in [0, 0.05) is 68.8 Å². The normalized spacial score (nSPS) is 12.0. The van der Waals surface area contributed by atoms with Crippen LogP contribution in [0.4, 0.5) is 128 Å². The predicted octanol–water partition coefficient (Wildman–Crippen LogP) is 25.8. The molecule has 0 spiro atoms. The van der Waals surface area contributed by atoms with Crippen LogP contribution >= 0.6 is 0 Å². The number of halogens is 24. The third-order valence-electron chi connectivity index (χ3n) is 19.6. The maximum absolute atomic E-state index is 13.7. The van der Waals surface area contributed by atoms with E-state index in [0.29, 0.717) is 22.3 Å². The van der Waals surface area contributed by atoms with E-state index >= 15 is 0 Å². The monoisotopic (exact) mass is 1870 g/mol. The Morgan fingerprint density at radius 3 is 0.481 bits per heavy atom. The first kappa shape index (κ1) is 96.1. The van der Waals surface area contributed by atoms with Gasteiger partial charge < -0.3 is 18.9 Å². The summed E-state index contributed by atoms with van der Waals surface area (Å²) in [5, 5.41) is 49.9. The van der Waals surface area contributed by atoms with E-state index in [9.17, 15) is 146 Å². The van der Waals surface area contributed by atoms with Crippen LogP contribution in [0.5, 0.6) is 23.0 Å². The second kappa shape index (κ2) is 37.6. The number of benzene rings is 12. The Hall–Kier alpha value is -16.0. The van der Waals surface area contributed by atoms with Crippen LogP contribution < -0.4 is 18.9 Å². The number of rotatable bonds is 20. The topological polar surface area (TPSA) is 209 Å². The number of nitrogens with zero attached hydrogens (tertiary/aromatic N) is 4. The Morgan fingerprint density at radius 1 is 0.195 bits per heavy atom. The highest BCUT2D eigenvalue weighted by Gasteiger charge is 2.44. The van der Waals surface area contributed by atoms with Gasteiger partial charge in [0.25, 0.3) is 22.7 Å². The van der Waals surface area contributed by atoms with E-state index in [1.165, 1.54) is 72.8 Å². The largest absolute Gasteiger partial charge is 0.489 e. The zero-order valence-corrected chi connectivity index (χ0v) is 66.2. The van der Waals surface area contributed by atoms with Gasteiger partial charge in [-0.05, 0) is 192 Å². The summed E-state index contributed by atoms with van der Waals surface area (Å²) in [5.41, 5.74) is -17.6. The third-order valence-corrected chi connectivity index (χ3v) is 19.6. The van der Waals surface area contributed by atoms with Crippen molar-refractivity contribution in [1.82, 2.24) is 0 Å². The lowest BCUT2D eigenvalue weighted by molar-refractivity contribution is -0.386. The van der Waals surface area contributed by atoms with E-state index in [1.807, 2.05) is 0 Å². The van der Waals surface area contributed by atoms with Crippen molar-refractivity contribution >= 4 is 22.7 Å². The van der Waals surface area contributed by atoms with Crippen molar-refractivity contribution in [2.75, 3.05) is 0 Å². The van der Waals surface area contributed by atoms with Gasteiger partial charge in [0.2, 0.25) is 0 Å². The molecule has 0 saturated heterocycles. The van der Waals surface area contributed by atoms with Gasteiger partial charge >= 0.3 is 49.4 Å². The van der Waals surface area contributed by atoms with Gasteiger partial charge in [-0.25, -0.2) is 0 Å². The minimum absolute atomic E-state index is 0.0512. The molecule has 0 heterocycles. The van der Waals surface area contributed by atoms with Crippen molar-refractivity contribution in [2.45, 2.75) is 81.3 Å². The second-order valence-electron chi connectivity index (χ2n) is 28.6. The first-order valence-corrected chi connectivity index (χ1v) is 37.4. The van der Waals surface area contributed by atoms with Gasteiger partial charge in [-0.2, -0.15) is 105 Å². The van der Waals surface area contributed by atoms with Crippen molar-refractivity contribution in [3.63, 3.8) is 0 Å². The molecule has 0 saturated carbocycles. The van der Waals surface area contributed by atoms with Crippen molar-refractivity contribution in [2.24, 2.45) is 0 Å². The first-order chi connectivity index (χ1) is 62.1. The summed E-state index contributed by atoms with van der Waals surface area (Å²) in [4.78, 5) is 46.2. The zero-order valence-electron chi connectivity index (χ0n) is 66.2. The molecule has 0 N–H and O–H groups in total. The van der Waals surface area contributed by atoms with Gasteiger partial charge in [0.1, 0.15) is 49.4 Å². The van der Waals surface area contributed by atoms with E-state index in [4.69, 9.17) is 18.9 Å². The summed E-state index contributed by atoms with van der Waals surface area (Å²) in [7, 11) is 0. The van der Waals surface area contributed by atoms with E-state index in [-0.39, 0.29) is 140 Å². The Balaban J connectivity index is 0.942. The highest BCUT2D eigenvalue weighted by molar-refractivity contribution is 5.65. The van der Waals surface area contributed by atoms with Crippen LogP contribution in [-0.4, -0.2) is 19.7 Å². The summed E-state index contributed by atoms with van der Waals surface area (Å²) in [6.45, 7) is -3.63. The van der Waals surface area contributed by atoms with Crippen LogP contribution in [0.1, 0.15) is 134 Å². The Labute approximate surface area is 732 Å². The van der Waals surface area contributed by atoms with Gasteiger partial charge in [-0.15, -0.1) is 0 Å². The highest BCUT2D eigenvalue weighted by atomic mass is 19.4. The molecule has 0 bridgehead atoms. The molecule has 0 unspecified atom stereocenters. The lowest BCUT2D eigenvalue weighted by Gasteiger charge is -2.37. The fraction of sp³-hybridized carbons (Fsp3) is 0.140. The summed E-state index contributed by atoms with van der Waals surface area (Å²) in [5.74, 6) is 18.8. The summed E-state index contributed by atoms with van der Waals surface area (Å²) in [6.07, 6.45) is -42.2. The average Bonchev–Trinajstić information content (AvgIpc) is 0.728. The second-order valence-corrected chi connectivity index (χ2v) is 28.6. The van der Waals surface area contributed by atoms with Crippen LogP contribution in [0.2, 0.25) is 0 Å². The standard InChI is InChI=1S/C93H48F24N4O12/c94-86(95,96)69-37-70(87(97,98)99)42-77(41-69)130-49-61-21-9-57(33-81(61)118(122)123)5-1-53-13-25-65(26-14-53)85(66-27-15-54(16-28-66)2-6-58-10-22-62(82(34-58)119(124)125)50-131-78-43-71(88(100,101)102)38-72(44-78)89(103,104)105,67-29-17-55(18-30-67)3-7-59-11-23-63(83(35-59)120(126)127)51-132-79-45-73(90(106,107)108)39-74(46-79)91(109,110)111)68-31-19-56(20-32-68)4-8-60-12-24-64(84(36-60)121(128)129)52-133-80-47-75(92(112,113)114)40-76(48-80)93(115,116)117/h9-48H,49-52H2. The van der Waals surface area contributed by atoms with Gasteiger partial charge in [0.15, 0.2) is 0 Å². The molecule has 0 aliphatic rings. The van der Waals surface area contributed by atoms with Gasteiger partial charge in [-0.3, -0.25) is 40.5 Å². The van der Waals surface area contributed by atoms with Crippen LogP contribution in [0.3, 0.4) is 0 Å². The van der Waals surface area contributed by atoms with Crippen molar-refractivity contribution in [3.8, 4) is 70.4 Å². The maximum Gasteiger partial charge on any atom is 0.416 e. The first-order valence-electron chi connectivity index (χ1n) is 37.4. The number of nitro groups is 4. The molecule has 16 nitrogen and oxygen atoms in total. The third kappa shape index (κ3) is 23.7. The molecule has 0 atom stereocenters. The molecule has 40 heteroatoms. The molecular formula is C93H48F24N4O12. The van der Waals surface area contributed by atoms with Gasteiger partial charge in [-0.1, -0.05) is 95.9 Å². The van der Waals surface area contributed by atoms with E-state index in [1.54, 1.807) is 48.5 Å². The summed E-state index contributed by atoms with van der Waals surface area (Å²) in [6, 6.07) is 39.4. The van der Waals surface area contributed by atoms with E-state index < -0.39 is 191 Å². The van der Waals surface area contributed by atoms with Crippen LogP contribution in [0.25, 0.3) is 0 Å². The molecule has 0 aliphatic carbocycles. The number of ether oxygens (including phenoxy) is 4. The van der Waals surface area contributed by atoms with Gasteiger partial charge in [0.05, 0.1) is 91.9 Å². The Bertz CT molecular complexity index is 5850. The van der Waals surface area contributed by atoms with E-state index in [0.717, 1.165) is 48.5 Å². The SMILES string of the molecule is O=[N+]([O-])c1cc(C#Cc2ccc(C(c3ccc(C#Cc4ccc(COc5cc(C(F)(F)F)cc(C(F)(F)F)c5)c([N+](=O)[O-])c4)cc3)(c3ccc(C#Cc4ccc(COc5cc(C(F)(F)F)cc(C(F)(F)F)c5)c([N+](=O)[O-])c4)cc3)c3ccc(C#Cc4ccc(COc5cc(C(F)(F)F)cc(C(F)(F)F)c5)c([N+](=O)[O-])c4)cc3)cc2)ccc1COc1cc(C(F)(F)F)cc(C(F)(F)F)c1. The molecule has 0 fully saturated rings. The van der Waals surface area contributed by atoms with Crippen LogP contribution in [0.15, 0.2) is 243 Å². The number of alkyl halides is 24. The quantitative estimate of drug-likeness (QED) is 0.0229. The molecule has 12 rings (SSSR count). The highest BCUT2D eigenvalue weighted by Crippen LogP contribution is 2.48. The minimum Gasteiger partial charge on any atom is -0.489 e. The number of hydrogen-bond acceptors (Lipinski definition) is 12. The fourth-order valence-corrected chi connectivity index (χ4v) is 13.2. The van der Waals surface area contributed by atoms with Crippen molar-refractivity contribution in [3.05, 3.63) is 417 Å². The lowest BCUT2D eigenvalue weighted by Crippen LogP contribution is -2.31. The Morgan fingerprint density at radius 2 is 0.338 bits per heavy atom. The minimum atomic E-state index is -5.27. The predicted molar refractivity (Wildman–Crippen MR) is 424 cm³/mol. The summed E-state index contributed by atoms with van der Waals surface area (Å²) >= 11 is 0. The van der Waals surface area contributed by atoms with Crippen LogP contribution in [-0.2, 0) is 81.3 Å². The molecule has 12 aromatic carbocycles. The fourth-order valence-electron chi connectivity index (χ4n) is 13.2. The number of hydrogen-bond donors (Lipinski definition) is 0.